The third-order valence-electron chi connectivity index (χ3n) is 4.79. The van der Waals surface area contributed by atoms with Gasteiger partial charge in [0.2, 0.25) is 0 Å². The Balaban J connectivity index is 0.000000739. The molecule has 3 heteroatoms. The Morgan fingerprint density at radius 3 is 2.14 bits per heavy atom. The first-order valence-electron chi connectivity index (χ1n) is 9.68. The van der Waals surface area contributed by atoms with Gasteiger partial charge in [-0.3, -0.25) is 0 Å². The molecule has 2 aromatic rings. The molecular weight excluding hydrogens is 566 g/mol. The Morgan fingerprint density at radius 1 is 0.964 bits per heavy atom. The largest absolute Gasteiger partial charge is 0.567 e. The van der Waals surface area contributed by atoms with Gasteiger partial charge in [0.25, 0.3) is 0 Å². The number of benzene rings is 2. The van der Waals surface area contributed by atoms with Gasteiger partial charge >= 0.3 is 0 Å². The van der Waals surface area contributed by atoms with Crippen molar-refractivity contribution < 1.29 is 31.1 Å². The summed E-state index contributed by atoms with van der Waals surface area (Å²) in [7, 11) is 0. The van der Waals surface area contributed by atoms with Crippen molar-refractivity contribution in [3.05, 3.63) is 95.6 Å². The summed E-state index contributed by atoms with van der Waals surface area (Å²) in [5.74, 6) is 0. The van der Waals surface area contributed by atoms with E-state index in [-0.39, 0.29) is 31.1 Å². The molecule has 146 valence electrons. The van der Waals surface area contributed by atoms with E-state index in [4.69, 9.17) is 0 Å². The molecule has 0 amide bonds. The second kappa shape index (κ2) is 11.5. The van der Waals surface area contributed by atoms with Crippen molar-refractivity contribution in [1.82, 2.24) is 5.01 Å². The summed E-state index contributed by atoms with van der Waals surface area (Å²) in [4.78, 5) is 0. The summed E-state index contributed by atoms with van der Waals surface area (Å²) in [5, 5.41) is 2.12. The van der Waals surface area contributed by atoms with Crippen LogP contribution in [0.2, 0.25) is 0 Å². The Morgan fingerprint density at radius 2 is 1.57 bits per heavy atom. The van der Waals surface area contributed by atoms with Gasteiger partial charge in [0.05, 0.1) is 0 Å². The Bertz CT molecular complexity index is 848. The predicted octanol–water partition coefficient (Wildman–Crippen LogP) is 6.86. The molecule has 2 aromatic carbocycles. The Kier molecular flexibility index (Phi) is 10.0. The van der Waals surface area contributed by atoms with Gasteiger partial charge in [-0.2, -0.15) is 0 Å². The van der Waals surface area contributed by atoms with E-state index in [0.29, 0.717) is 0 Å². The number of fused-ring (bicyclic) bond motifs is 1. The van der Waals surface area contributed by atoms with Crippen LogP contribution >= 0.6 is 0 Å². The smallest absolute Gasteiger partial charge is 0.0124 e. The summed E-state index contributed by atoms with van der Waals surface area (Å²) in [6, 6.07) is 13.2. The second-order valence-electron chi connectivity index (χ2n) is 6.48. The molecule has 0 radical (unpaired) electrons. The van der Waals surface area contributed by atoms with E-state index in [0.717, 1.165) is 25.1 Å². The van der Waals surface area contributed by atoms with Crippen molar-refractivity contribution in [3.8, 4) is 11.1 Å². The summed E-state index contributed by atoms with van der Waals surface area (Å²) in [6.45, 7) is 20.6. The van der Waals surface area contributed by atoms with Gasteiger partial charge in [-0.05, 0) is 65.4 Å². The minimum Gasteiger partial charge on any atom is -0.567 e. The van der Waals surface area contributed by atoms with Crippen LogP contribution in [0.15, 0.2) is 67.9 Å². The summed E-state index contributed by atoms with van der Waals surface area (Å²) < 4.78 is 0. The summed E-state index contributed by atoms with van der Waals surface area (Å²) in [5.41, 5.74) is 14.8. The van der Waals surface area contributed by atoms with E-state index in [9.17, 15) is 0 Å². The molecule has 0 N–H and O–H groups in total. The SMILES string of the molecule is C=C.C=C1C=C(N2CC[N-]2)Cc2c1cc(C)cc2-c1ccccc1C.CC.[U]. The minimum absolute atomic E-state index is 0. The molecule has 1 aliphatic carbocycles. The zero-order valence-electron chi connectivity index (χ0n) is 17.7. The van der Waals surface area contributed by atoms with Crippen molar-refractivity contribution >= 4 is 5.57 Å². The number of allylic oxidation sites excluding steroid dienone is 3. The van der Waals surface area contributed by atoms with Crippen molar-refractivity contribution in [2.75, 3.05) is 13.1 Å². The maximum Gasteiger partial charge on any atom is 0.0124 e. The molecule has 0 atom stereocenters. The van der Waals surface area contributed by atoms with Crippen LogP contribution in [-0.2, 0) is 6.42 Å². The van der Waals surface area contributed by atoms with Crippen LogP contribution in [-0.4, -0.2) is 18.1 Å². The van der Waals surface area contributed by atoms with E-state index < -0.39 is 0 Å². The predicted molar refractivity (Wildman–Crippen MR) is 120 cm³/mol. The van der Waals surface area contributed by atoms with Gasteiger partial charge in [0, 0.05) is 43.2 Å². The normalized spacial score (nSPS) is 14.1. The van der Waals surface area contributed by atoms with Crippen molar-refractivity contribution in [1.29, 1.82) is 0 Å². The fraction of sp³-hybridized carbons (Fsp3) is 0.280. The fourth-order valence-electron chi connectivity index (χ4n) is 3.52. The van der Waals surface area contributed by atoms with Crippen LogP contribution in [0.3, 0.4) is 0 Å². The average Bonchev–Trinajstić information content (AvgIpc) is 2.64. The molecule has 2 nitrogen and oxygen atoms in total. The number of rotatable bonds is 2. The molecule has 0 unspecified atom stereocenters. The second-order valence-corrected chi connectivity index (χ2v) is 6.48. The van der Waals surface area contributed by atoms with E-state index in [1.807, 2.05) is 13.8 Å². The third kappa shape index (κ3) is 5.09. The van der Waals surface area contributed by atoms with Crippen LogP contribution in [0, 0.1) is 45.0 Å². The molecule has 2 aliphatic rings. The summed E-state index contributed by atoms with van der Waals surface area (Å²) >= 11 is 0. The molecule has 0 aromatic heterocycles. The molecule has 4 rings (SSSR count). The zero-order valence-corrected chi connectivity index (χ0v) is 21.8. The number of hydrogen-bond acceptors (Lipinski definition) is 1. The van der Waals surface area contributed by atoms with Crippen molar-refractivity contribution in [3.63, 3.8) is 0 Å². The quantitative estimate of drug-likeness (QED) is 0.346. The summed E-state index contributed by atoms with van der Waals surface area (Å²) in [6.07, 6.45) is 3.13. The van der Waals surface area contributed by atoms with Crippen molar-refractivity contribution in [2.24, 2.45) is 0 Å². The zero-order chi connectivity index (χ0) is 20.0. The van der Waals surface area contributed by atoms with E-state index in [1.165, 1.54) is 39.1 Å². The van der Waals surface area contributed by atoms with Crippen molar-refractivity contribution in [2.45, 2.75) is 34.1 Å². The van der Waals surface area contributed by atoms with Gasteiger partial charge in [0.15, 0.2) is 0 Å². The molecule has 1 saturated heterocycles. The molecule has 28 heavy (non-hydrogen) atoms. The number of aryl methyl sites for hydroxylation is 2. The van der Waals surface area contributed by atoms with E-state index >= 15 is 0 Å². The molecule has 1 aliphatic heterocycles. The third-order valence-corrected chi connectivity index (χ3v) is 4.79. The first-order valence-corrected chi connectivity index (χ1v) is 9.68. The number of nitrogens with zero attached hydrogens (tertiary/aromatic N) is 2. The van der Waals surface area contributed by atoms with Crippen LogP contribution in [0.4, 0.5) is 0 Å². The molecule has 1 fully saturated rings. The molecule has 1 heterocycles. The molecular formula is C25H31N2U-. The van der Waals surface area contributed by atoms with Gasteiger partial charge in [-0.1, -0.05) is 56.8 Å². The topological polar surface area (TPSA) is 17.3 Å². The minimum atomic E-state index is 0. The maximum absolute atomic E-state index is 4.46. The first-order chi connectivity index (χ1) is 13.1. The average molecular weight is 598 g/mol. The van der Waals surface area contributed by atoms with Gasteiger partial charge in [0.1, 0.15) is 0 Å². The maximum atomic E-state index is 4.46. The van der Waals surface area contributed by atoms with Gasteiger partial charge in [-0.15, -0.1) is 19.7 Å². The van der Waals surface area contributed by atoms with Crippen LogP contribution in [0.1, 0.15) is 36.1 Å². The Labute approximate surface area is 194 Å². The monoisotopic (exact) mass is 597 g/mol. The molecule has 0 spiro atoms. The first kappa shape index (κ1) is 24.5. The van der Waals surface area contributed by atoms with E-state index in [1.54, 1.807) is 0 Å². The fourth-order valence-corrected chi connectivity index (χ4v) is 3.52. The Hall–Kier alpha value is -1.53. The van der Waals surface area contributed by atoms with Crippen LogP contribution in [0.5, 0.6) is 0 Å². The molecule has 0 bridgehead atoms. The number of hydrogen-bond donors (Lipinski definition) is 0. The van der Waals surface area contributed by atoms with Gasteiger partial charge in [-0.25, -0.2) is 0 Å². The van der Waals surface area contributed by atoms with Crippen LogP contribution < -0.4 is 0 Å². The van der Waals surface area contributed by atoms with Crippen LogP contribution in [0.25, 0.3) is 22.1 Å². The standard InChI is InChI=1S/C21H21N2.C2H6.C2H4.U/c1-14-10-19-16(3)12-17(23-9-8-22-23)13-21(19)20(11-14)18-7-5-4-6-15(18)2;2*1-2;/h4-7,10-12H,3,8-9,13H2,1-2H3;1-2H3;1-2H2;/q-1;;;. The van der Waals surface area contributed by atoms with E-state index in [2.05, 4.69) is 86.5 Å². The molecule has 0 saturated carbocycles. The van der Waals surface area contributed by atoms with Gasteiger partial charge < -0.3 is 10.4 Å².